The van der Waals surface area contributed by atoms with Crippen LogP contribution in [0.5, 0.6) is 5.75 Å². The van der Waals surface area contributed by atoms with Crippen LogP contribution in [0.4, 0.5) is 36.7 Å². The topological polar surface area (TPSA) is 58.6 Å². The third-order valence-electron chi connectivity index (χ3n) is 4.97. The maximum absolute atomic E-state index is 13.7. The standard InChI is InChI=1S/C20H19F7N4O2/c1-2-33-14-5-3-13(4-6-14)15-7-8-28-17(29-15)31-11-9-30(10-12-31)16(32)18(21,22)19(23,24)20(25,26)27/h3-8H,2,9-12H2,1H3. The van der Waals surface area contributed by atoms with Crippen molar-refractivity contribution in [2.24, 2.45) is 0 Å². The normalized spacial score (nSPS) is 15.5. The molecule has 180 valence electrons. The summed E-state index contributed by atoms with van der Waals surface area (Å²) in [7, 11) is 0. The molecule has 1 aromatic carbocycles. The minimum absolute atomic E-state index is 0.133. The molecule has 0 aliphatic carbocycles. The summed E-state index contributed by atoms with van der Waals surface area (Å²) in [6.07, 6.45) is -5.10. The van der Waals surface area contributed by atoms with E-state index in [2.05, 4.69) is 9.97 Å². The molecule has 3 rings (SSSR count). The van der Waals surface area contributed by atoms with Gasteiger partial charge in [0.1, 0.15) is 5.75 Å². The Morgan fingerprint density at radius 3 is 2.12 bits per heavy atom. The fraction of sp³-hybridized carbons (Fsp3) is 0.450. The number of carbonyl (C=O) groups excluding carboxylic acids is 1. The van der Waals surface area contributed by atoms with Crippen molar-refractivity contribution in [2.75, 3.05) is 37.7 Å². The summed E-state index contributed by atoms with van der Waals surface area (Å²) in [5, 5.41) is 0. The number of rotatable bonds is 6. The lowest BCUT2D eigenvalue weighted by molar-refractivity contribution is -0.346. The summed E-state index contributed by atoms with van der Waals surface area (Å²) >= 11 is 0. The molecule has 1 fully saturated rings. The Bertz CT molecular complexity index is 975. The summed E-state index contributed by atoms with van der Waals surface area (Å²) in [5.74, 6) is -14.1. The second-order valence-electron chi connectivity index (χ2n) is 7.13. The molecule has 0 spiro atoms. The molecule has 13 heteroatoms. The number of ether oxygens (including phenoxy) is 1. The van der Waals surface area contributed by atoms with Crippen LogP contribution in [0.1, 0.15) is 6.92 Å². The molecular weight excluding hydrogens is 461 g/mol. The number of alkyl halides is 7. The van der Waals surface area contributed by atoms with Crippen LogP contribution in [0.15, 0.2) is 36.5 Å². The number of amides is 1. The quantitative estimate of drug-likeness (QED) is 0.585. The Morgan fingerprint density at radius 2 is 1.58 bits per heavy atom. The van der Waals surface area contributed by atoms with Crippen LogP contribution in [0.3, 0.4) is 0 Å². The summed E-state index contributed by atoms with van der Waals surface area (Å²) in [5.41, 5.74) is 1.28. The van der Waals surface area contributed by atoms with Gasteiger partial charge in [0.25, 0.3) is 5.91 Å². The molecule has 2 heterocycles. The number of anilines is 1. The number of benzene rings is 1. The number of hydrogen-bond acceptors (Lipinski definition) is 5. The predicted molar refractivity (Wildman–Crippen MR) is 103 cm³/mol. The van der Waals surface area contributed by atoms with Crippen molar-refractivity contribution >= 4 is 11.9 Å². The van der Waals surface area contributed by atoms with Crippen LogP contribution in [-0.4, -0.2) is 71.6 Å². The Hall–Kier alpha value is -3.12. The predicted octanol–water partition coefficient (Wildman–Crippen LogP) is 4.02. The van der Waals surface area contributed by atoms with E-state index in [-0.39, 0.29) is 23.9 Å². The van der Waals surface area contributed by atoms with Gasteiger partial charge >= 0.3 is 18.0 Å². The largest absolute Gasteiger partial charge is 0.494 e. The average molecular weight is 480 g/mol. The third-order valence-corrected chi connectivity index (χ3v) is 4.97. The fourth-order valence-corrected chi connectivity index (χ4v) is 3.17. The minimum Gasteiger partial charge on any atom is -0.494 e. The number of nitrogens with zero attached hydrogens (tertiary/aromatic N) is 4. The molecule has 0 radical (unpaired) electrons. The third kappa shape index (κ3) is 4.81. The first-order valence-corrected chi connectivity index (χ1v) is 9.81. The zero-order valence-electron chi connectivity index (χ0n) is 17.3. The highest BCUT2D eigenvalue weighted by atomic mass is 19.4. The summed E-state index contributed by atoms with van der Waals surface area (Å²) in [6, 6.07) is 8.69. The second kappa shape index (κ2) is 9.02. The first-order chi connectivity index (χ1) is 15.4. The summed E-state index contributed by atoms with van der Waals surface area (Å²) < 4.78 is 96.2. The first kappa shape index (κ1) is 24.5. The van der Waals surface area contributed by atoms with Crippen LogP contribution >= 0.6 is 0 Å². The number of carbonyl (C=O) groups is 1. The Balaban J connectivity index is 1.69. The summed E-state index contributed by atoms with van der Waals surface area (Å²) in [4.78, 5) is 22.1. The molecule has 0 atom stereocenters. The fourth-order valence-electron chi connectivity index (χ4n) is 3.17. The second-order valence-corrected chi connectivity index (χ2v) is 7.13. The smallest absolute Gasteiger partial charge is 0.460 e. The molecule has 0 saturated carbocycles. The van der Waals surface area contributed by atoms with Crippen molar-refractivity contribution in [3.05, 3.63) is 36.5 Å². The molecule has 0 N–H and O–H groups in total. The molecule has 33 heavy (non-hydrogen) atoms. The molecule has 6 nitrogen and oxygen atoms in total. The molecule has 1 amide bonds. The zero-order chi connectivity index (χ0) is 24.4. The Labute approximate surface area is 184 Å². The molecule has 2 aromatic rings. The van der Waals surface area contributed by atoms with Gasteiger partial charge in [-0.3, -0.25) is 4.79 Å². The highest BCUT2D eigenvalue weighted by Crippen LogP contribution is 2.47. The molecule has 0 unspecified atom stereocenters. The van der Waals surface area contributed by atoms with Gasteiger partial charge in [0.2, 0.25) is 5.95 Å². The van der Waals surface area contributed by atoms with Crippen molar-refractivity contribution in [2.45, 2.75) is 24.9 Å². The Kier molecular flexibility index (Phi) is 6.70. The Morgan fingerprint density at radius 1 is 0.970 bits per heavy atom. The van der Waals surface area contributed by atoms with E-state index in [9.17, 15) is 35.5 Å². The number of aromatic nitrogens is 2. The molecule has 1 aliphatic rings. The van der Waals surface area contributed by atoms with E-state index in [4.69, 9.17) is 4.74 Å². The van der Waals surface area contributed by atoms with Crippen LogP contribution in [0.2, 0.25) is 0 Å². The van der Waals surface area contributed by atoms with Crippen LogP contribution in [-0.2, 0) is 4.79 Å². The van der Waals surface area contributed by atoms with Crippen LogP contribution in [0, 0.1) is 0 Å². The molecule has 1 saturated heterocycles. The number of piperazine rings is 1. The van der Waals surface area contributed by atoms with Crippen molar-refractivity contribution in [1.82, 2.24) is 14.9 Å². The number of hydrogen-bond donors (Lipinski definition) is 0. The van der Waals surface area contributed by atoms with Gasteiger partial charge in [0.05, 0.1) is 12.3 Å². The first-order valence-electron chi connectivity index (χ1n) is 9.81. The van der Waals surface area contributed by atoms with E-state index in [0.29, 0.717) is 18.1 Å². The maximum atomic E-state index is 13.7. The van der Waals surface area contributed by atoms with Crippen LogP contribution in [0.25, 0.3) is 11.3 Å². The average Bonchev–Trinajstić information content (AvgIpc) is 2.78. The van der Waals surface area contributed by atoms with Crippen LogP contribution < -0.4 is 9.64 Å². The highest BCUT2D eigenvalue weighted by Gasteiger charge is 2.76. The maximum Gasteiger partial charge on any atom is 0.460 e. The molecule has 0 bridgehead atoms. The lowest BCUT2D eigenvalue weighted by Gasteiger charge is -2.37. The lowest BCUT2D eigenvalue weighted by Crippen LogP contribution is -2.62. The van der Waals surface area contributed by atoms with E-state index < -0.39 is 37.0 Å². The van der Waals surface area contributed by atoms with E-state index in [1.54, 1.807) is 30.3 Å². The van der Waals surface area contributed by atoms with Gasteiger partial charge in [-0.25, -0.2) is 9.97 Å². The van der Waals surface area contributed by atoms with Crippen molar-refractivity contribution < 1.29 is 40.3 Å². The van der Waals surface area contributed by atoms with Gasteiger partial charge < -0.3 is 14.5 Å². The van der Waals surface area contributed by atoms with Gasteiger partial charge in [-0.15, -0.1) is 0 Å². The molecule has 1 aliphatic heterocycles. The molecular formula is C20H19F7N4O2. The SMILES string of the molecule is CCOc1ccc(-c2ccnc(N3CCN(C(=O)C(F)(F)C(F)(F)C(F)(F)F)CC3)n2)cc1. The van der Waals surface area contributed by atoms with Gasteiger partial charge in [-0.1, -0.05) is 0 Å². The summed E-state index contributed by atoms with van der Waals surface area (Å²) in [6.45, 7) is 1.09. The van der Waals surface area contributed by atoms with Gasteiger partial charge in [0, 0.05) is 37.9 Å². The van der Waals surface area contributed by atoms with E-state index >= 15 is 0 Å². The van der Waals surface area contributed by atoms with E-state index in [1.165, 1.54) is 11.1 Å². The van der Waals surface area contributed by atoms with E-state index in [1.807, 2.05) is 6.92 Å². The number of halogens is 7. The highest BCUT2D eigenvalue weighted by molar-refractivity contribution is 5.85. The zero-order valence-corrected chi connectivity index (χ0v) is 17.3. The van der Waals surface area contributed by atoms with Crippen molar-refractivity contribution in [1.29, 1.82) is 0 Å². The van der Waals surface area contributed by atoms with Gasteiger partial charge in [-0.05, 0) is 37.3 Å². The van der Waals surface area contributed by atoms with Gasteiger partial charge in [0.15, 0.2) is 0 Å². The van der Waals surface area contributed by atoms with E-state index in [0.717, 1.165) is 5.56 Å². The van der Waals surface area contributed by atoms with Gasteiger partial charge in [-0.2, -0.15) is 30.7 Å². The van der Waals surface area contributed by atoms with Crippen molar-refractivity contribution in [3.8, 4) is 17.0 Å². The monoisotopic (exact) mass is 480 g/mol. The lowest BCUT2D eigenvalue weighted by atomic mass is 10.1. The van der Waals surface area contributed by atoms with Crippen molar-refractivity contribution in [3.63, 3.8) is 0 Å². The minimum atomic E-state index is -6.57. The molecule has 1 aromatic heterocycles.